The number of piperidine rings is 1. The summed E-state index contributed by atoms with van der Waals surface area (Å²) in [5, 5.41) is 2.61. The summed E-state index contributed by atoms with van der Waals surface area (Å²) in [4.78, 5) is 10.2. The Hall–Kier alpha value is -2.97. The number of nitrogens with one attached hydrogen (secondary N) is 1. The van der Waals surface area contributed by atoms with Crippen LogP contribution >= 0.6 is 0 Å². The third-order valence-corrected chi connectivity index (χ3v) is 8.98. The van der Waals surface area contributed by atoms with E-state index in [1.54, 1.807) is 36.7 Å². The minimum atomic E-state index is -3.54. The van der Waals surface area contributed by atoms with E-state index in [9.17, 15) is 12.8 Å². The Bertz CT molecular complexity index is 1450. The number of likely N-dealkylation sites (tertiary alicyclic amines) is 1. The SMILES string of the molecule is O=S1(=O)c2cccc3cncc(c23)N1CCN1CCC(Cc2c[nH]c3ccc(F)cc23)CC1. The van der Waals surface area contributed by atoms with Gasteiger partial charge in [-0.15, -0.1) is 0 Å². The molecule has 2 aromatic heterocycles. The highest BCUT2D eigenvalue weighted by atomic mass is 32.2. The van der Waals surface area contributed by atoms with E-state index < -0.39 is 10.0 Å². The molecule has 2 aliphatic heterocycles. The molecule has 33 heavy (non-hydrogen) atoms. The normalized spacial score (nSPS) is 18.5. The first-order valence-electron chi connectivity index (χ1n) is 11.4. The average molecular weight is 465 g/mol. The van der Waals surface area contributed by atoms with Gasteiger partial charge in [0.25, 0.3) is 10.0 Å². The van der Waals surface area contributed by atoms with Crippen LogP contribution in [-0.2, 0) is 16.4 Å². The van der Waals surface area contributed by atoms with E-state index in [1.165, 1.54) is 15.9 Å². The van der Waals surface area contributed by atoms with Crippen LogP contribution in [0.4, 0.5) is 10.1 Å². The van der Waals surface area contributed by atoms with Crippen molar-refractivity contribution in [2.75, 3.05) is 30.5 Å². The first kappa shape index (κ1) is 20.6. The van der Waals surface area contributed by atoms with Gasteiger partial charge in [0.1, 0.15) is 5.82 Å². The molecule has 0 aliphatic carbocycles. The van der Waals surface area contributed by atoms with E-state index in [2.05, 4.69) is 14.9 Å². The van der Waals surface area contributed by atoms with Crippen molar-refractivity contribution in [3.05, 3.63) is 66.4 Å². The van der Waals surface area contributed by atoms with Crippen LogP contribution in [-0.4, -0.2) is 49.5 Å². The quantitative estimate of drug-likeness (QED) is 0.478. The number of halogens is 1. The number of aromatic nitrogens is 2. The topological polar surface area (TPSA) is 69.3 Å². The molecule has 6 rings (SSSR count). The van der Waals surface area contributed by atoms with Crippen molar-refractivity contribution < 1.29 is 12.8 Å². The van der Waals surface area contributed by atoms with Crippen LogP contribution in [0.3, 0.4) is 0 Å². The van der Waals surface area contributed by atoms with Gasteiger partial charge in [0.2, 0.25) is 0 Å². The summed E-state index contributed by atoms with van der Waals surface area (Å²) in [7, 11) is -3.54. The first-order valence-corrected chi connectivity index (χ1v) is 12.8. The van der Waals surface area contributed by atoms with Gasteiger partial charge >= 0.3 is 0 Å². The van der Waals surface area contributed by atoms with Crippen molar-refractivity contribution >= 4 is 37.4 Å². The van der Waals surface area contributed by atoms with Gasteiger partial charge in [0.15, 0.2) is 0 Å². The minimum Gasteiger partial charge on any atom is -0.361 e. The van der Waals surface area contributed by atoms with Crippen molar-refractivity contribution in [1.29, 1.82) is 0 Å². The Labute approximate surface area is 192 Å². The lowest BCUT2D eigenvalue weighted by atomic mass is 9.90. The summed E-state index contributed by atoms with van der Waals surface area (Å²) in [6.07, 6.45) is 8.40. The molecule has 4 aromatic rings. The van der Waals surface area contributed by atoms with Crippen molar-refractivity contribution in [2.24, 2.45) is 5.92 Å². The molecule has 1 N–H and O–H groups in total. The van der Waals surface area contributed by atoms with Crippen LogP contribution in [0.15, 0.2) is 59.9 Å². The number of anilines is 1. The van der Waals surface area contributed by atoms with Crippen LogP contribution in [0.2, 0.25) is 0 Å². The molecule has 6 nitrogen and oxygen atoms in total. The van der Waals surface area contributed by atoms with E-state index in [4.69, 9.17) is 0 Å². The second-order valence-electron chi connectivity index (χ2n) is 9.08. The standard InChI is InChI=1S/C25H25FN4O2S/c26-20-4-5-22-21(13-20)19(15-28-22)12-17-6-8-29(9-7-17)10-11-30-23-16-27-14-18-2-1-3-24(25(18)23)33(30,31)32/h1-5,13-17,28H,6-12H2. The predicted octanol–water partition coefficient (Wildman–Crippen LogP) is 4.32. The number of sulfonamides is 1. The Morgan fingerprint density at radius 2 is 1.94 bits per heavy atom. The molecular formula is C25H25FN4O2S. The summed E-state index contributed by atoms with van der Waals surface area (Å²) in [6, 6.07) is 10.2. The number of benzene rings is 2. The van der Waals surface area contributed by atoms with Gasteiger partial charge in [-0.2, -0.15) is 0 Å². The highest BCUT2D eigenvalue weighted by molar-refractivity contribution is 7.93. The van der Waals surface area contributed by atoms with Crippen molar-refractivity contribution in [3.63, 3.8) is 0 Å². The molecule has 0 atom stereocenters. The fourth-order valence-electron chi connectivity index (χ4n) is 5.35. The van der Waals surface area contributed by atoms with Gasteiger partial charge in [-0.1, -0.05) is 12.1 Å². The second kappa shape index (κ2) is 7.81. The third-order valence-electron chi connectivity index (χ3n) is 7.13. The Morgan fingerprint density at radius 1 is 1.09 bits per heavy atom. The lowest BCUT2D eigenvalue weighted by Crippen LogP contribution is -2.41. The fraction of sp³-hybridized carbons (Fsp3) is 0.320. The highest BCUT2D eigenvalue weighted by Crippen LogP contribution is 2.41. The zero-order chi connectivity index (χ0) is 22.6. The maximum atomic E-state index is 13.7. The summed E-state index contributed by atoms with van der Waals surface area (Å²) in [6.45, 7) is 2.98. The van der Waals surface area contributed by atoms with Crippen LogP contribution in [0.1, 0.15) is 18.4 Å². The van der Waals surface area contributed by atoms with Gasteiger partial charge in [0, 0.05) is 47.2 Å². The number of H-pyrrole nitrogens is 1. The molecule has 8 heteroatoms. The molecule has 170 valence electrons. The number of rotatable bonds is 5. The molecule has 1 fully saturated rings. The van der Waals surface area contributed by atoms with Gasteiger partial charge in [-0.05, 0) is 68.1 Å². The molecule has 0 unspecified atom stereocenters. The van der Waals surface area contributed by atoms with Crippen LogP contribution in [0.5, 0.6) is 0 Å². The molecule has 0 spiro atoms. The maximum absolute atomic E-state index is 13.7. The Morgan fingerprint density at radius 3 is 2.79 bits per heavy atom. The molecule has 2 aliphatic rings. The van der Waals surface area contributed by atoms with Crippen molar-refractivity contribution in [3.8, 4) is 0 Å². The number of nitrogens with zero attached hydrogens (tertiary/aromatic N) is 3. The number of hydrogen-bond donors (Lipinski definition) is 1. The van der Waals surface area contributed by atoms with Crippen molar-refractivity contribution in [2.45, 2.75) is 24.2 Å². The summed E-state index contributed by atoms with van der Waals surface area (Å²) in [5.74, 6) is 0.337. The molecule has 0 bridgehead atoms. The summed E-state index contributed by atoms with van der Waals surface area (Å²) >= 11 is 0. The smallest absolute Gasteiger partial charge is 0.265 e. The molecule has 0 amide bonds. The van der Waals surface area contributed by atoms with E-state index in [1.807, 2.05) is 12.3 Å². The molecule has 4 heterocycles. The second-order valence-corrected chi connectivity index (χ2v) is 10.9. The molecule has 2 aromatic carbocycles. The average Bonchev–Trinajstić information content (AvgIpc) is 3.30. The lowest BCUT2D eigenvalue weighted by Gasteiger charge is -2.33. The molecule has 1 saturated heterocycles. The minimum absolute atomic E-state index is 0.205. The highest BCUT2D eigenvalue weighted by Gasteiger charge is 2.36. The molecular weight excluding hydrogens is 439 g/mol. The zero-order valence-corrected chi connectivity index (χ0v) is 19.0. The third kappa shape index (κ3) is 3.48. The molecule has 0 saturated carbocycles. The van der Waals surface area contributed by atoms with Gasteiger partial charge in [-0.25, -0.2) is 12.8 Å². The van der Waals surface area contributed by atoms with Gasteiger partial charge in [0.05, 0.1) is 16.8 Å². The predicted molar refractivity (Wildman–Crippen MR) is 127 cm³/mol. The zero-order valence-electron chi connectivity index (χ0n) is 18.2. The lowest BCUT2D eigenvalue weighted by molar-refractivity contribution is 0.189. The van der Waals surface area contributed by atoms with Gasteiger partial charge < -0.3 is 9.88 Å². The monoisotopic (exact) mass is 464 g/mol. The first-order chi connectivity index (χ1) is 16.0. The number of pyridine rings is 1. The van der Waals surface area contributed by atoms with Crippen LogP contribution in [0, 0.1) is 11.7 Å². The van der Waals surface area contributed by atoms with Crippen LogP contribution < -0.4 is 4.31 Å². The van der Waals surface area contributed by atoms with Gasteiger partial charge in [-0.3, -0.25) is 9.29 Å². The summed E-state index contributed by atoms with van der Waals surface area (Å²) < 4.78 is 41.5. The largest absolute Gasteiger partial charge is 0.361 e. The van der Waals surface area contributed by atoms with Crippen LogP contribution in [0.25, 0.3) is 21.7 Å². The van der Waals surface area contributed by atoms with E-state index in [-0.39, 0.29) is 5.82 Å². The Balaban J connectivity index is 1.10. The molecule has 0 radical (unpaired) electrons. The fourth-order valence-corrected chi connectivity index (χ4v) is 7.04. The maximum Gasteiger partial charge on any atom is 0.265 e. The summed E-state index contributed by atoms with van der Waals surface area (Å²) in [5.41, 5.74) is 2.83. The Kier molecular flexibility index (Phi) is 4.88. The number of aromatic amines is 1. The van der Waals surface area contributed by atoms with E-state index in [0.29, 0.717) is 29.6 Å². The number of hydrogen-bond acceptors (Lipinski definition) is 4. The number of fused-ring (bicyclic) bond motifs is 1. The van der Waals surface area contributed by atoms with E-state index in [0.717, 1.165) is 54.0 Å². The van der Waals surface area contributed by atoms with E-state index >= 15 is 0 Å². The van der Waals surface area contributed by atoms with Crippen molar-refractivity contribution in [1.82, 2.24) is 14.9 Å².